The number of amides is 1. The second kappa shape index (κ2) is 22.4. The highest BCUT2D eigenvalue weighted by Crippen LogP contribution is 2.64. The van der Waals surface area contributed by atoms with E-state index in [4.69, 9.17) is 34.3 Å². The van der Waals surface area contributed by atoms with Crippen LogP contribution in [0.25, 0.3) is 0 Å². The zero-order valence-electron chi connectivity index (χ0n) is 41.2. The van der Waals surface area contributed by atoms with Gasteiger partial charge in [0, 0.05) is 60.4 Å². The van der Waals surface area contributed by atoms with E-state index in [0.29, 0.717) is 37.0 Å². The van der Waals surface area contributed by atoms with Crippen molar-refractivity contribution < 1.29 is 86.9 Å². The minimum Gasteiger partial charge on any atom is -0.455 e. The largest absolute Gasteiger partial charge is 0.455 e. The molecule has 0 radical (unpaired) electrons. The lowest BCUT2D eigenvalue weighted by atomic mass is 9.44. The van der Waals surface area contributed by atoms with E-state index in [1.165, 1.54) is 39.8 Å². The summed E-state index contributed by atoms with van der Waals surface area (Å²) in [5.74, 6) is -0.933. The molecule has 2 aromatic rings. The van der Waals surface area contributed by atoms with E-state index in [2.05, 4.69) is 19.7 Å². The number of nitrogens with two attached hydrogens (primary N) is 1. The highest BCUT2D eigenvalue weighted by Gasteiger charge is 2.78. The smallest absolute Gasteiger partial charge is 0.408 e. The van der Waals surface area contributed by atoms with Gasteiger partial charge in [0.15, 0.2) is 11.4 Å². The van der Waals surface area contributed by atoms with E-state index in [-0.39, 0.29) is 36.2 Å². The van der Waals surface area contributed by atoms with Crippen molar-refractivity contribution in [3.63, 3.8) is 0 Å². The van der Waals surface area contributed by atoms with Crippen LogP contribution in [0.3, 0.4) is 0 Å². The Balaban J connectivity index is 1.43. The summed E-state index contributed by atoms with van der Waals surface area (Å²) in [4.78, 5) is 88.8. The summed E-state index contributed by atoms with van der Waals surface area (Å²) in [6, 6.07) is 14.6. The molecule has 6 N–H and O–H groups in total. The maximum atomic E-state index is 15.2. The Bertz CT molecular complexity index is 2290. The van der Waals surface area contributed by atoms with Crippen LogP contribution >= 0.6 is 12.0 Å². The minimum atomic E-state index is -2.45. The lowest BCUT2D eigenvalue weighted by Crippen LogP contribution is -2.82. The van der Waals surface area contributed by atoms with E-state index in [9.17, 15) is 34.5 Å². The molecule has 1 heterocycles. The van der Waals surface area contributed by atoms with Gasteiger partial charge in [0.05, 0.1) is 24.2 Å². The molecule has 0 aromatic heterocycles. The third kappa shape index (κ3) is 11.5. The molecule has 11 atom stereocenters. The molecule has 1 saturated heterocycles. The zero-order chi connectivity index (χ0) is 52.1. The third-order valence-corrected chi connectivity index (χ3v) is 14.9. The predicted octanol–water partition coefficient (Wildman–Crippen LogP) is 5.16. The standard InChI is InChI=1S/C50H66N2O18S/c1-28-32(63-44(59)39(64-35(55)23-17-9-10-18-24-71-70-69-68-51)37(30-19-13-11-14-20-30)52-45(60)67-46(3,4)5)26-50(61)42(65-43(58)31-21-15-12-16-22-31)40-48(8,41(57)38(56)36(28)47(50,6)7)33(54)25-34-49(40,27-62-34)66-29(2)53/h11-16,19-22,32-34,37,39-42,54,57,61H,9-10,17-18,23-27,51H2,1-8H3,(H,52,60)/t32-,33-,34+,37-,39+,40-,41?,42-,48+,49-,50+/m0/s1. The third-order valence-electron chi connectivity index (χ3n) is 14.3. The fourth-order valence-corrected chi connectivity index (χ4v) is 11.2. The van der Waals surface area contributed by atoms with Gasteiger partial charge in [-0.15, -0.1) is 9.32 Å². The van der Waals surface area contributed by atoms with Crippen LogP contribution in [0.4, 0.5) is 4.79 Å². The number of hydrogen-bond donors (Lipinski definition) is 5. The highest BCUT2D eigenvalue weighted by atomic mass is 32.2. The molecule has 1 amide bonds. The number of nitrogens with one attached hydrogen (secondary N) is 1. The number of fused-ring (bicyclic) bond motifs is 5. The van der Waals surface area contributed by atoms with Crippen molar-refractivity contribution in [1.29, 1.82) is 0 Å². The summed E-state index contributed by atoms with van der Waals surface area (Å²) >= 11 is 0.975. The number of ether oxygens (including phenoxy) is 6. The molecule has 4 aliphatic rings. The van der Waals surface area contributed by atoms with Gasteiger partial charge >= 0.3 is 30.0 Å². The summed E-state index contributed by atoms with van der Waals surface area (Å²) in [6.45, 7) is 11.7. The van der Waals surface area contributed by atoms with Gasteiger partial charge in [-0.05, 0) is 68.8 Å². The number of benzene rings is 2. The van der Waals surface area contributed by atoms with Gasteiger partial charge in [0.1, 0.15) is 41.7 Å². The van der Waals surface area contributed by atoms with Crippen molar-refractivity contribution >= 4 is 47.8 Å². The maximum Gasteiger partial charge on any atom is 0.408 e. The molecule has 2 aromatic carbocycles. The first-order valence-corrected chi connectivity index (χ1v) is 24.5. The number of carbonyl (C=O) groups is 6. The number of unbranched alkanes of at least 4 members (excludes halogenated alkanes) is 3. The predicted molar refractivity (Wildman–Crippen MR) is 250 cm³/mol. The number of alkyl carbamates (subject to hydrolysis) is 1. The summed E-state index contributed by atoms with van der Waals surface area (Å²) in [5, 5.41) is 45.1. The normalized spacial score (nSPS) is 29.6. The quantitative estimate of drug-likeness (QED) is 0.0303. The lowest BCUT2D eigenvalue weighted by molar-refractivity contribution is -0.464. The molecule has 6 rings (SSSR count). The Kier molecular flexibility index (Phi) is 17.5. The molecule has 1 aliphatic heterocycles. The fraction of sp³-hybridized carbons (Fsp3) is 0.600. The van der Waals surface area contributed by atoms with Crippen molar-refractivity contribution in [3.05, 3.63) is 82.9 Å². The van der Waals surface area contributed by atoms with Gasteiger partial charge < -0.3 is 49.1 Å². The Hall–Kier alpha value is -4.97. The van der Waals surface area contributed by atoms with Crippen molar-refractivity contribution in [3.8, 4) is 0 Å². The topological polar surface area (TPSA) is 284 Å². The van der Waals surface area contributed by atoms with Crippen LogP contribution in [0.2, 0.25) is 0 Å². The van der Waals surface area contributed by atoms with Crippen LogP contribution in [0.15, 0.2) is 71.8 Å². The minimum absolute atomic E-state index is 0.0611. The van der Waals surface area contributed by atoms with Gasteiger partial charge in [-0.2, -0.15) is 5.90 Å². The number of ketones is 1. The number of aliphatic hydroxyl groups excluding tert-OH is 2. The number of aliphatic hydroxyl groups is 3. The van der Waals surface area contributed by atoms with Gasteiger partial charge in [0.25, 0.3) is 0 Å². The Morgan fingerprint density at radius 1 is 0.944 bits per heavy atom. The molecule has 1 unspecified atom stereocenters. The van der Waals surface area contributed by atoms with E-state index in [0.717, 1.165) is 19.0 Å². The summed E-state index contributed by atoms with van der Waals surface area (Å²) in [6.07, 6.45) is -9.53. The van der Waals surface area contributed by atoms with Crippen LogP contribution in [-0.2, 0) is 62.0 Å². The molecule has 3 fully saturated rings. The molecular formula is C50H66N2O18S. The second-order valence-corrected chi connectivity index (χ2v) is 21.1. The first-order valence-electron chi connectivity index (χ1n) is 23.6. The molecule has 2 saturated carbocycles. The molecule has 71 heavy (non-hydrogen) atoms. The van der Waals surface area contributed by atoms with Crippen molar-refractivity contribution in [2.24, 2.45) is 22.6 Å². The average Bonchev–Trinajstić information content (AvgIpc) is 3.30. The van der Waals surface area contributed by atoms with Crippen molar-refractivity contribution in [2.75, 3.05) is 12.4 Å². The van der Waals surface area contributed by atoms with Crippen LogP contribution in [-0.4, -0.2) is 117 Å². The Labute approximate surface area is 416 Å². The number of hydrogen-bond acceptors (Lipinski definition) is 20. The van der Waals surface area contributed by atoms with Crippen molar-refractivity contribution in [2.45, 2.75) is 160 Å². The van der Waals surface area contributed by atoms with Crippen LogP contribution < -0.4 is 11.2 Å². The molecule has 21 heteroatoms. The van der Waals surface area contributed by atoms with E-state index in [1.807, 2.05) is 0 Å². The summed E-state index contributed by atoms with van der Waals surface area (Å²) in [7, 11) is 0. The number of rotatable bonds is 19. The van der Waals surface area contributed by atoms with Crippen LogP contribution in [0, 0.1) is 16.7 Å². The average molecular weight is 1020 g/mol. The van der Waals surface area contributed by atoms with E-state index in [1.54, 1.807) is 69.3 Å². The van der Waals surface area contributed by atoms with Gasteiger partial charge in [0.2, 0.25) is 6.10 Å². The molecule has 390 valence electrons. The SMILES string of the molecule is CC(=O)O[C@@]12CO[C@@H]1C[C@H](O)[C@@]1(C)C(O)C(=O)C3=C(C)[C@@H](OC(=O)[C@H](OC(=O)CCCCCCSOOON)[C@@H](NC(=O)OC(C)(C)C)c4ccccc4)C[C@@](O)([C@@H](OC(=O)c4ccccc4)[C@H]21)C3(C)C. The monoisotopic (exact) mass is 1010 g/mol. The first kappa shape index (κ1) is 55.3. The second-order valence-electron chi connectivity index (χ2n) is 20.3. The van der Waals surface area contributed by atoms with Crippen LogP contribution in [0.1, 0.15) is 122 Å². The summed E-state index contributed by atoms with van der Waals surface area (Å²) < 4.78 is 40.9. The Morgan fingerprint density at radius 2 is 1.59 bits per heavy atom. The van der Waals surface area contributed by atoms with Crippen molar-refractivity contribution in [1.82, 2.24) is 5.32 Å². The van der Waals surface area contributed by atoms with Gasteiger partial charge in [-0.1, -0.05) is 82.1 Å². The number of Topliss-reactive ketones (excluding diaryl/α,β-unsaturated/α-hetero) is 1. The molecular weight excluding hydrogens is 949 g/mol. The Morgan fingerprint density at radius 3 is 2.20 bits per heavy atom. The van der Waals surface area contributed by atoms with Gasteiger partial charge in [-0.25, -0.2) is 14.4 Å². The molecule has 3 aliphatic carbocycles. The molecule has 20 nitrogen and oxygen atoms in total. The lowest BCUT2D eigenvalue weighted by Gasteiger charge is -2.68. The number of esters is 4. The van der Waals surface area contributed by atoms with Gasteiger partial charge in [-0.3, -0.25) is 14.4 Å². The zero-order valence-corrected chi connectivity index (χ0v) is 42.0. The highest BCUT2D eigenvalue weighted by molar-refractivity contribution is 7.94. The van der Waals surface area contributed by atoms with E-state index >= 15 is 9.59 Å². The summed E-state index contributed by atoms with van der Waals surface area (Å²) in [5.41, 5.74) is -8.63. The maximum absolute atomic E-state index is 15.2. The van der Waals surface area contributed by atoms with Crippen LogP contribution in [0.5, 0.6) is 0 Å². The fourth-order valence-electron chi connectivity index (χ4n) is 10.7. The molecule has 0 spiro atoms. The van der Waals surface area contributed by atoms with E-state index < -0.39 is 118 Å². The first-order chi connectivity index (χ1) is 33.4. The molecule has 2 bridgehead atoms. The number of carbonyl (C=O) groups excluding carboxylic acids is 6.